The topological polar surface area (TPSA) is 93.5 Å². The molecule has 3 rings (SSSR count). The van der Waals surface area contributed by atoms with Gasteiger partial charge < -0.3 is 15.2 Å². The van der Waals surface area contributed by atoms with Crippen LogP contribution < -0.4 is 5.32 Å². The molecule has 0 fully saturated rings. The van der Waals surface area contributed by atoms with Crippen LogP contribution in [-0.4, -0.2) is 46.5 Å². The molecule has 1 aliphatic carbocycles. The van der Waals surface area contributed by atoms with Gasteiger partial charge in [0, 0.05) is 23.4 Å². The molecule has 0 aliphatic heterocycles. The van der Waals surface area contributed by atoms with Crippen molar-refractivity contribution in [2.45, 2.75) is 25.4 Å². The molecule has 0 spiro atoms. The van der Waals surface area contributed by atoms with Crippen LogP contribution in [0.4, 0.5) is 0 Å². The summed E-state index contributed by atoms with van der Waals surface area (Å²) in [6.07, 6.45) is 1.31. The number of methoxy groups -OCH3 is 1. The molecule has 1 unspecified atom stereocenters. The number of aromatic nitrogens is 2. The molecule has 1 aliphatic rings. The van der Waals surface area contributed by atoms with E-state index in [1.54, 1.807) is 22.9 Å². The predicted molar refractivity (Wildman–Crippen MR) is 96.4 cm³/mol. The maximum absolute atomic E-state index is 12.5. The number of ether oxygens (including phenoxy) is 1. The lowest BCUT2D eigenvalue weighted by Crippen LogP contribution is -2.38. The minimum absolute atomic E-state index is 0.145. The summed E-state index contributed by atoms with van der Waals surface area (Å²) >= 11 is 12.2. The van der Waals surface area contributed by atoms with Crippen molar-refractivity contribution in [2.75, 3.05) is 13.7 Å². The summed E-state index contributed by atoms with van der Waals surface area (Å²) in [4.78, 5) is 23.5. The quantitative estimate of drug-likeness (QED) is 0.780. The molecule has 1 aromatic carbocycles. The molecule has 2 N–H and O–H groups in total. The Balaban J connectivity index is 1.90. The van der Waals surface area contributed by atoms with Crippen LogP contribution >= 0.6 is 23.2 Å². The third-order valence-electron chi connectivity index (χ3n) is 4.29. The number of carboxylic acid groups (broad SMARTS) is 1. The lowest BCUT2D eigenvalue weighted by atomic mass is 10.2. The van der Waals surface area contributed by atoms with Crippen LogP contribution in [-0.2, 0) is 22.4 Å². The smallest absolute Gasteiger partial charge is 0.334 e. The number of rotatable bonds is 6. The van der Waals surface area contributed by atoms with Gasteiger partial charge in [0.1, 0.15) is 0 Å². The molecule has 26 heavy (non-hydrogen) atoms. The number of halogens is 2. The number of nitrogens with zero attached hydrogens (tertiary/aromatic N) is 2. The summed E-state index contributed by atoms with van der Waals surface area (Å²) in [6.45, 7) is -0.145. The fourth-order valence-electron chi connectivity index (χ4n) is 3.01. The fourth-order valence-corrected chi connectivity index (χ4v) is 3.50. The molecule has 1 amide bonds. The summed E-state index contributed by atoms with van der Waals surface area (Å²) in [5.74, 6) is -1.58. The maximum Gasteiger partial charge on any atom is 0.334 e. The van der Waals surface area contributed by atoms with Crippen molar-refractivity contribution in [1.82, 2.24) is 15.1 Å². The van der Waals surface area contributed by atoms with E-state index in [2.05, 4.69) is 10.4 Å². The Morgan fingerprint density at radius 3 is 2.81 bits per heavy atom. The third kappa shape index (κ3) is 3.56. The molecular formula is C17H17Cl2N3O4. The number of hydrogen-bond acceptors (Lipinski definition) is 4. The van der Waals surface area contributed by atoms with Crippen LogP contribution in [0.25, 0.3) is 5.69 Å². The van der Waals surface area contributed by atoms with Gasteiger partial charge in [-0.2, -0.15) is 5.10 Å². The molecule has 1 atom stereocenters. The third-order valence-corrected chi connectivity index (χ3v) is 4.83. The minimum atomic E-state index is -1.14. The molecule has 0 saturated carbocycles. The van der Waals surface area contributed by atoms with Gasteiger partial charge in [0.25, 0.3) is 5.91 Å². The highest BCUT2D eigenvalue weighted by molar-refractivity contribution is 6.35. The lowest BCUT2D eigenvalue weighted by Gasteiger charge is -2.11. The summed E-state index contributed by atoms with van der Waals surface area (Å²) in [5.41, 5.74) is 2.72. The zero-order chi connectivity index (χ0) is 18.8. The zero-order valence-corrected chi connectivity index (χ0v) is 15.5. The van der Waals surface area contributed by atoms with Crippen LogP contribution in [0.1, 0.15) is 28.2 Å². The number of carbonyl (C=O) groups is 2. The number of aliphatic carboxylic acids is 1. The van der Waals surface area contributed by atoms with Gasteiger partial charge in [0.2, 0.25) is 0 Å². The van der Waals surface area contributed by atoms with Gasteiger partial charge in [0.15, 0.2) is 11.8 Å². The van der Waals surface area contributed by atoms with Crippen LogP contribution in [0.3, 0.4) is 0 Å². The Morgan fingerprint density at radius 1 is 1.38 bits per heavy atom. The highest BCUT2D eigenvalue weighted by Gasteiger charge is 2.28. The van der Waals surface area contributed by atoms with E-state index in [0.717, 1.165) is 30.5 Å². The standard InChI is InChI=1S/C17H17Cl2N3O4/c1-26-14(17(24)25)8-20-16(23)15-10-3-2-4-12(10)22(21-15)13-6-5-9(18)7-11(13)19/h5-7,14H,2-4,8H2,1H3,(H,20,23)(H,24,25). The highest BCUT2D eigenvalue weighted by Crippen LogP contribution is 2.31. The van der Waals surface area contributed by atoms with Gasteiger partial charge in [-0.1, -0.05) is 23.2 Å². The predicted octanol–water partition coefficient (Wildman–Crippen LogP) is 2.50. The van der Waals surface area contributed by atoms with Gasteiger partial charge in [-0.3, -0.25) is 4.79 Å². The van der Waals surface area contributed by atoms with Crippen molar-refractivity contribution in [3.05, 3.63) is 45.2 Å². The second-order valence-electron chi connectivity index (χ2n) is 5.91. The number of fused-ring (bicyclic) bond motifs is 1. The highest BCUT2D eigenvalue weighted by atomic mass is 35.5. The van der Waals surface area contributed by atoms with E-state index in [1.165, 1.54) is 7.11 Å². The first-order valence-corrected chi connectivity index (χ1v) is 8.78. The normalized spacial score (nSPS) is 14.1. The number of nitrogens with one attached hydrogen (secondary N) is 1. The van der Waals surface area contributed by atoms with E-state index < -0.39 is 18.0 Å². The van der Waals surface area contributed by atoms with Crippen LogP contribution in [0.2, 0.25) is 10.0 Å². The van der Waals surface area contributed by atoms with Crippen LogP contribution in [0.15, 0.2) is 18.2 Å². The number of amides is 1. The van der Waals surface area contributed by atoms with Crippen molar-refractivity contribution in [1.29, 1.82) is 0 Å². The Bertz CT molecular complexity index is 866. The molecule has 1 aromatic heterocycles. The first-order chi connectivity index (χ1) is 12.4. The van der Waals surface area contributed by atoms with Crippen molar-refractivity contribution in [3.63, 3.8) is 0 Å². The van der Waals surface area contributed by atoms with Gasteiger partial charge in [-0.05, 0) is 37.5 Å². The maximum atomic E-state index is 12.5. The van der Waals surface area contributed by atoms with E-state index in [9.17, 15) is 9.59 Å². The lowest BCUT2D eigenvalue weighted by molar-refractivity contribution is -0.148. The van der Waals surface area contributed by atoms with Gasteiger partial charge in [-0.15, -0.1) is 0 Å². The van der Waals surface area contributed by atoms with Crippen molar-refractivity contribution >= 4 is 35.1 Å². The average molecular weight is 398 g/mol. The fraction of sp³-hybridized carbons (Fsp3) is 0.353. The molecule has 0 saturated heterocycles. The summed E-state index contributed by atoms with van der Waals surface area (Å²) < 4.78 is 6.49. The number of carboxylic acids is 1. The first kappa shape index (κ1) is 18.7. The summed E-state index contributed by atoms with van der Waals surface area (Å²) in [7, 11) is 1.28. The zero-order valence-electron chi connectivity index (χ0n) is 14.0. The van der Waals surface area contributed by atoms with Gasteiger partial charge in [-0.25, -0.2) is 9.48 Å². The Labute approximate surface area is 159 Å². The average Bonchev–Trinajstić information content (AvgIpc) is 3.18. The molecular weight excluding hydrogens is 381 g/mol. The second kappa shape index (κ2) is 7.65. The SMILES string of the molecule is COC(CNC(=O)c1nn(-c2ccc(Cl)cc2Cl)c2c1CCC2)C(=O)O. The van der Waals surface area contributed by atoms with E-state index in [4.69, 9.17) is 33.0 Å². The van der Waals surface area contributed by atoms with E-state index in [1.807, 2.05) is 0 Å². The Kier molecular flexibility index (Phi) is 5.50. The van der Waals surface area contributed by atoms with Crippen LogP contribution in [0, 0.1) is 0 Å². The second-order valence-corrected chi connectivity index (χ2v) is 6.75. The van der Waals surface area contributed by atoms with E-state index >= 15 is 0 Å². The number of benzene rings is 1. The van der Waals surface area contributed by atoms with Crippen molar-refractivity contribution < 1.29 is 19.4 Å². The van der Waals surface area contributed by atoms with E-state index in [0.29, 0.717) is 15.7 Å². The first-order valence-electron chi connectivity index (χ1n) is 8.02. The Morgan fingerprint density at radius 2 is 2.15 bits per heavy atom. The van der Waals surface area contributed by atoms with Crippen molar-refractivity contribution in [2.24, 2.45) is 0 Å². The number of hydrogen-bond donors (Lipinski definition) is 2. The molecule has 9 heteroatoms. The molecule has 1 heterocycles. The molecule has 0 radical (unpaired) electrons. The monoisotopic (exact) mass is 397 g/mol. The molecule has 2 aromatic rings. The van der Waals surface area contributed by atoms with Crippen molar-refractivity contribution in [3.8, 4) is 5.69 Å². The summed E-state index contributed by atoms with van der Waals surface area (Å²) in [5, 5.41) is 17.0. The molecule has 0 bridgehead atoms. The largest absolute Gasteiger partial charge is 0.479 e. The summed E-state index contributed by atoms with van der Waals surface area (Å²) in [6, 6.07) is 5.09. The van der Waals surface area contributed by atoms with Gasteiger partial charge >= 0.3 is 5.97 Å². The minimum Gasteiger partial charge on any atom is -0.479 e. The van der Waals surface area contributed by atoms with Crippen LogP contribution in [0.5, 0.6) is 0 Å². The van der Waals surface area contributed by atoms with E-state index in [-0.39, 0.29) is 12.2 Å². The van der Waals surface area contributed by atoms with Gasteiger partial charge in [0.05, 0.1) is 17.3 Å². The molecule has 7 nitrogen and oxygen atoms in total. The number of carbonyl (C=O) groups excluding carboxylic acids is 1. The Hall–Kier alpha value is -2.09. The molecule has 138 valence electrons.